The summed E-state index contributed by atoms with van der Waals surface area (Å²) in [5.74, 6) is 0.166. The van der Waals surface area contributed by atoms with Crippen molar-refractivity contribution in [2.24, 2.45) is 0 Å². The maximum Gasteiger partial charge on any atom is 0.401 e. The number of carbonyl (C=O) groups is 1. The summed E-state index contributed by atoms with van der Waals surface area (Å²) in [5.41, 5.74) is 0.448. The van der Waals surface area contributed by atoms with E-state index in [0.717, 1.165) is 30.9 Å². The van der Waals surface area contributed by atoms with E-state index < -0.39 is 23.3 Å². The molecular formula is C25H23F3N4O4. The Morgan fingerprint density at radius 3 is 2.44 bits per heavy atom. The number of nitrogens with one attached hydrogen (secondary N) is 1. The Hall–Kier alpha value is -4.15. The van der Waals surface area contributed by atoms with Crippen LogP contribution in [0, 0.1) is 0 Å². The first-order chi connectivity index (χ1) is 17.0. The van der Waals surface area contributed by atoms with E-state index in [1.807, 2.05) is 12.1 Å². The summed E-state index contributed by atoms with van der Waals surface area (Å²) in [6.45, 7) is 1.95. The van der Waals surface area contributed by atoms with Gasteiger partial charge in [0.2, 0.25) is 5.91 Å². The summed E-state index contributed by atoms with van der Waals surface area (Å²) in [5, 5.41) is 6.83. The lowest BCUT2D eigenvalue weighted by atomic mass is 9.89. The van der Waals surface area contributed by atoms with E-state index in [4.69, 9.17) is 14.0 Å². The molecule has 0 fully saturated rings. The number of methoxy groups -OCH3 is 2. The maximum atomic E-state index is 13.2. The van der Waals surface area contributed by atoms with E-state index in [1.54, 1.807) is 44.8 Å². The molecule has 4 aromatic rings. The maximum absolute atomic E-state index is 13.2. The molecule has 36 heavy (non-hydrogen) atoms. The minimum absolute atomic E-state index is 0.0505. The van der Waals surface area contributed by atoms with Crippen LogP contribution in [-0.4, -0.2) is 41.4 Å². The minimum Gasteiger partial charge on any atom is -0.493 e. The Morgan fingerprint density at radius 1 is 1.03 bits per heavy atom. The summed E-state index contributed by atoms with van der Waals surface area (Å²) in [7, 11) is 3.11. The number of carbonyl (C=O) groups excluding carboxylic acids is 1. The molecular weight excluding hydrogens is 477 g/mol. The van der Waals surface area contributed by atoms with E-state index in [0.29, 0.717) is 28.3 Å². The highest BCUT2D eigenvalue weighted by Crippen LogP contribution is 2.41. The van der Waals surface area contributed by atoms with Crippen molar-refractivity contribution < 1.29 is 32.0 Å². The molecule has 1 aromatic carbocycles. The average molecular weight is 500 g/mol. The van der Waals surface area contributed by atoms with Crippen molar-refractivity contribution in [3.05, 3.63) is 60.1 Å². The molecule has 0 aliphatic rings. The Bertz CT molecular complexity index is 1400. The van der Waals surface area contributed by atoms with Gasteiger partial charge in [0.05, 0.1) is 26.3 Å². The van der Waals surface area contributed by atoms with E-state index in [9.17, 15) is 18.0 Å². The highest BCUT2D eigenvalue weighted by molar-refractivity contribution is 5.91. The second kappa shape index (κ2) is 9.48. The minimum atomic E-state index is -4.53. The van der Waals surface area contributed by atoms with Gasteiger partial charge in [-0.3, -0.25) is 14.8 Å². The predicted molar refractivity (Wildman–Crippen MR) is 126 cm³/mol. The van der Waals surface area contributed by atoms with E-state index in [1.165, 1.54) is 0 Å². The molecule has 0 saturated carbocycles. The summed E-state index contributed by atoms with van der Waals surface area (Å²) in [6.07, 6.45) is -1.36. The van der Waals surface area contributed by atoms with Crippen molar-refractivity contribution in [1.82, 2.24) is 15.1 Å². The number of hydrogen-bond donors (Lipinski definition) is 1. The number of rotatable bonds is 7. The first-order valence-electron chi connectivity index (χ1n) is 10.8. The molecule has 4 rings (SSSR count). The first kappa shape index (κ1) is 25.0. The highest BCUT2D eigenvalue weighted by atomic mass is 19.4. The fourth-order valence-corrected chi connectivity index (χ4v) is 3.50. The van der Waals surface area contributed by atoms with Crippen LogP contribution in [0.2, 0.25) is 0 Å². The van der Waals surface area contributed by atoms with E-state index >= 15 is 0 Å². The molecule has 1 amide bonds. The van der Waals surface area contributed by atoms with Gasteiger partial charge in [0, 0.05) is 29.4 Å². The number of fused-ring (bicyclic) bond motifs is 1. The number of nitrogens with zero attached hydrogens (tertiary/aromatic N) is 3. The van der Waals surface area contributed by atoms with Gasteiger partial charge in [0.1, 0.15) is 10.9 Å². The Labute approximate surface area is 204 Å². The van der Waals surface area contributed by atoms with Crippen molar-refractivity contribution in [3.8, 4) is 22.8 Å². The normalized spacial score (nSPS) is 12.0. The van der Waals surface area contributed by atoms with Gasteiger partial charge < -0.3 is 19.3 Å². The van der Waals surface area contributed by atoms with Gasteiger partial charge in [0.15, 0.2) is 23.1 Å². The van der Waals surface area contributed by atoms with Gasteiger partial charge in [-0.1, -0.05) is 11.2 Å². The van der Waals surface area contributed by atoms with Crippen LogP contribution in [0.5, 0.6) is 11.5 Å². The van der Waals surface area contributed by atoms with Crippen LogP contribution in [0.1, 0.15) is 25.2 Å². The van der Waals surface area contributed by atoms with Crippen molar-refractivity contribution in [2.75, 3.05) is 19.5 Å². The molecule has 3 heterocycles. The van der Waals surface area contributed by atoms with Crippen LogP contribution in [0.15, 0.2) is 53.3 Å². The number of ether oxygens (including phenoxy) is 2. The monoisotopic (exact) mass is 500 g/mol. The SMILES string of the molecule is COc1ccc2cc(-c3ccc(CC(=O)Nc4cc(C(C)(C)C(F)(F)F)on4)cn3)cnc2c1OC. The zero-order valence-electron chi connectivity index (χ0n) is 19.9. The summed E-state index contributed by atoms with van der Waals surface area (Å²) >= 11 is 0. The Morgan fingerprint density at radius 2 is 1.81 bits per heavy atom. The topological polar surface area (TPSA) is 99.4 Å². The number of amides is 1. The molecule has 0 bridgehead atoms. The first-order valence-corrected chi connectivity index (χ1v) is 10.8. The average Bonchev–Trinajstić information content (AvgIpc) is 3.31. The molecule has 1 N–H and O–H groups in total. The molecule has 188 valence electrons. The third-order valence-corrected chi connectivity index (χ3v) is 5.78. The fourth-order valence-electron chi connectivity index (χ4n) is 3.50. The largest absolute Gasteiger partial charge is 0.493 e. The molecule has 0 aliphatic carbocycles. The Balaban J connectivity index is 1.45. The second-order valence-electron chi connectivity index (χ2n) is 8.57. The number of pyridine rings is 2. The molecule has 11 heteroatoms. The lowest BCUT2D eigenvalue weighted by Gasteiger charge is -2.24. The van der Waals surface area contributed by atoms with Gasteiger partial charge in [-0.05, 0) is 43.7 Å². The van der Waals surface area contributed by atoms with Gasteiger partial charge >= 0.3 is 6.18 Å². The quantitative estimate of drug-likeness (QED) is 0.367. The van der Waals surface area contributed by atoms with E-state index in [2.05, 4.69) is 20.4 Å². The van der Waals surface area contributed by atoms with Crippen molar-refractivity contribution in [2.45, 2.75) is 31.9 Å². The van der Waals surface area contributed by atoms with Gasteiger partial charge in [0.25, 0.3) is 0 Å². The zero-order chi connectivity index (χ0) is 26.1. The van der Waals surface area contributed by atoms with Crippen LogP contribution in [0.4, 0.5) is 19.0 Å². The van der Waals surface area contributed by atoms with Gasteiger partial charge in [-0.2, -0.15) is 13.2 Å². The molecule has 0 radical (unpaired) electrons. The molecule has 0 saturated heterocycles. The van der Waals surface area contributed by atoms with Gasteiger partial charge in [-0.15, -0.1) is 0 Å². The number of halogens is 3. The fraction of sp³-hybridized carbons (Fsp3) is 0.280. The second-order valence-corrected chi connectivity index (χ2v) is 8.57. The van der Waals surface area contributed by atoms with Crippen LogP contribution in [0.3, 0.4) is 0 Å². The van der Waals surface area contributed by atoms with Crippen LogP contribution >= 0.6 is 0 Å². The smallest absolute Gasteiger partial charge is 0.401 e. The summed E-state index contributed by atoms with van der Waals surface area (Å²) in [4.78, 5) is 21.3. The zero-order valence-corrected chi connectivity index (χ0v) is 19.9. The van der Waals surface area contributed by atoms with Crippen molar-refractivity contribution in [1.29, 1.82) is 0 Å². The number of aromatic nitrogens is 3. The molecule has 8 nitrogen and oxygen atoms in total. The summed E-state index contributed by atoms with van der Waals surface area (Å²) < 4.78 is 55.1. The highest BCUT2D eigenvalue weighted by Gasteiger charge is 2.51. The van der Waals surface area contributed by atoms with E-state index in [-0.39, 0.29) is 12.2 Å². The third kappa shape index (κ3) is 4.81. The van der Waals surface area contributed by atoms with Crippen LogP contribution in [-0.2, 0) is 16.6 Å². The Kier molecular flexibility index (Phi) is 6.57. The van der Waals surface area contributed by atoms with Crippen molar-refractivity contribution >= 4 is 22.6 Å². The lowest BCUT2D eigenvalue weighted by molar-refractivity contribution is -0.185. The lowest BCUT2D eigenvalue weighted by Crippen LogP contribution is -2.35. The number of anilines is 1. The van der Waals surface area contributed by atoms with Gasteiger partial charge in [-0.25, -0.2) is 0 Å². The number of hydrogen-bond acceptors (Lipinski definition) is 7. The van der Waals surface area contributed by atoms with Crippen LogP contribution < -0.4 is 14.8 Å². The molecule has 0 spiro atoms. The number of alkyl halides is 3. The third-order valence-electron chi connectivity index (χ3n) is 5.78. The molecule has 3 aromatic heterocycles. The predicted octanol–water partition coefficient (Wildman–Crippen LogP) is 5.32. The van der Waals surface area contributed by atoms with Crippen molar-refractivity contribution in [3.63, 3.8) is 0 Å². The molecule has 0 unspecified atom stereocenters. The number of benzene rings is 1. The van der Waals surface area contributed by atoms with Crippen LogP contribution in [0.25, 0.3) is 22.2 Å². The molecule has 0 aliphatic heterocycles. The molecule has 0 atom stereocenters. The standard InChI is InChI=1S/C25H23F3N4O4/c1-24(2,25(26,27)28)19-11-20(32-36-19)31-21(33)9-14-5-7-17(29-12-14)16-10-15-6-8-18(34-3)23(35-4)22(15)30-13-16/h5-8,10-13H,9H2,1-4H3,(H,31,32,33). The summed E-state index contributed by atoms with van der Waals surface area (Å²) in [6, 6.07) is 10.2.